The fourth-order valence-corrected chi connectivity index (χ4v) is 10.8. The van der Waals surface area contributed by atoms with Gasteiger partial charge in [0.1, 0.15) is 19.3 Å². The van der Waals surface area contributed by atoms with Crippen molar-refractivity contribution in [3.63, 3.8) is 0 Å². The quantitative estimate of drug-likeness (QED) is 0.0169. The number of rotatable bonds is 67. The molecule has 0 saturated carbocycles. The second-order valence-corrected chi connectivity index (χ2v) is 26.7. The number of hydrogen-bond acceptors (Lipinski definition) is 15. The summed E-state index contributed by atoms with van der Waals surface area (Å²) in [5, 5.41) is 10.6. The smallest absolute Gasteiger partial charge is 0.462 e. The van der Waals surface area contributed by atoms with Gasteiger partial charge in [-0.25, -0.2) is 9.13 Å². The van der Waals surface area contributed by atoms with Gasteiger partial charge in [0.2, 0.25) is 0 Å². The van der Waals surface area contributed by atoms with Crippen molar-refractivity contribution >= 4 is 39.5 Å². The summed E-state index contributed by atoms with van der Waals surface area (Å²) in [5.41, 5.74) is 0. The zero-order chi connectivity index (χ0) is 69.0. The number of carbonyl (C=O) groups excluding carboxylic acids is 4. The van der Waals surface area contributed by atoms with E-state index < -0.39 is 97.5 Å². The molecule has 0 aliphatic rings. The summed E-state index contributed by atoms with van der Waals surface area (Å²) in [4.78, 5) is 72.6. The van der Waals surface area contributed by atoms with Crippen LogP contribution in [0.2, 0.25) is 0 Å². The van der Waals surface area contributed by atoms with Crippen LogP contribution in [-0.4, -0.2) is 96.7 Å². The Morgan fingerprint density at radius 1 is 0.309 bits per heavy atom. The fourth-order valence-electron chi connectivity index (χ4n) is 9.21. The summed E-state index contributed by atoms with van der Waals surface area (Å²) >= 11 is 0. The van der Waals surface area contributed by atoms with Crippen LogP contribution in [0.1, 0.15) is 285 Å². The zero-order valence-electron chi connectivity index (χ0n) is 58.6. The molecule has 0 aliphatic heterocycles. The predicted molar refractivity (Wildman–Crippen MR) is 381 cm³/mol. The summed E-state index contributed by atoms with van der Waals surface area (Å²) in [6.07, 6.45) is 69.6. The Hall–Kier alpha value is -4.28. The van der Waals surface area contributed by atoms with Crippen LogP contribution in [0.3, 0.4) is 0 Å². The number of hydrogen-bond donors (Lipinski definition) is 3. The van der Waals surface area contributed by atoms with Crippen molar-refractivity contribution in [2.45, 2.75) is 303 Å². The van der Waals surface area contributed by atoms with Gasteiger partial charge in [0.15, 0.2) is 12.2 Å². The number of esters is 4. The van der Waals surface area contributed by atoms with E-state index in [2.05, 4.69) is 125 Å². The second-order valence-electron chi connectivity index (χ2n) is 23.8. The maximum Gasteiger partial charge on any atom is 0.472 e. The van der Waals surface area contributed by atoms with E-state index in [1.165, 1.54) is 38.5 Å². The maximum absolute atomic E-state index is 13.0. The molecule has 0 fully saturated rings. The molecule has 5 unspecified atom stereocenters. The molecule has 0 saturated heterocycles. The van der Waals surface area contributed by atoms with E-state index in [1.54, 1.807) is 0 Å². The Balaban J connectivity index is 5.38. The molecule has 5 atom stereocenters. The summed E-state index contributed by atoms with van der Waals surface area (Å²) in [6, 6.07) is 0. The van der Waals surface area contributed by atoms with Crippen LogP contribution in [-0.2, 0) is 65.4 Å². The van der Waals surface area contributed by atoms with E-state index in [1.807, 2.05) is 12.2 Å². The van der Waals surface area contributed by atoms with Gasteiger partial charge in [0.05, 0.1) is 26.4 Å². The summed E-state index contributed by atoms with van der Waals surface area (Å²) < 4.78 is 68.2. The highest BCUT2D eigenvalue weighted by Gasteiger charge is 2.30. The van der Waals surface area contributed by atoms with Crippen molar-refractivity contribution < 1.29 is 80.2 Å². The molecule has 0 amide bonds. The summed E-state index contributed by atoms with van der Waals surface area (Å²) in [5.74, 6) is -2.27. The minimum absolute atomic E-state index is 0.0650. The van der Waals surface area contributed by atoms with Crippen molar-refractivity contribution in [3.8, 4) is 0 Å². The van der Waals surface area contributed by atoms with Gasteiger partial charge in [0.25, 0.3) is 0 Å². The number of aliphatic hydroxyl groups is 1. The fraction of sp³-hybridized carbons (Fsp3) is 0.707. The first-order chi connectivity index (χ1) is 45.7. The lowest BCUT2D eigenvalue weighted by Gasteiger charge is -2.21. The third kappa shape index (κ3) is 66.3. The van der Waals surface area contributed by atoms with Gasteiger partial charge in [-0.1, -0.05) is 253 Å². The van der Waals surface area contributed by atoms with Crippen LogP contribution in [0.25, 0.3) is 0 Å². The van der Waals surface area contributed by atoms with Gasteiger partial charge in [-0.05, 0) is 116 Å². The van der Waals surface area contributed by atoms with Gasteiger partial charge >= 0.3 is 39.5 Å². The molecule has 0 spiro atoms. The lowest BCUT2D eigenvalue weighted by Crippen LogP contribution is -2.30. The average molecular weight is 1360 g/mol. The molecule has 0 aromatic carbocycles. The normalized spacial score (nSPS) is 14.7. The molecule has 17 nitrogen and oxygen atoms in total. The first-order valence-electron chi connectivity index (χ1n) is 36.1. The monoisotopic (exact) mass is 1360 g/mol. The molecule has 3 N–H and O–H groups in total. The van der Waals surface area contributed by atoms with E-state index >= 15 is 0 Å². The van der Waals surface area contributed by atoms with Crippen LogP contribution in [0.15, 0.2) is 109 Å². The standard InChI is InChI=1S/C75H128O17P2/c1-5-9-13-17-21-25-29-32-33-34-35-38-41-44-48-52-56-60-73(78)86-66-71(92-75(80)62-58-54-50-46-42-37-31-27-23-19-15-11-7-3)68-90-94(83,84)88-64-69(76)63-87-93(81,82)89-67-70(91-74(79)61-57-53-49-45-39-28-24-20-16-12-8-4)65-85-72(77)59-55-51-47-43-40-36-30-26-22-18-14-10-6-2/h9,13-15,18-19,21,25-27,30-33,35,38,44,48,69-71,76H,5-8,10-12,16-17,20,22-24,28-29,34,36-37,39-43,45-47,49-68H2,1-4H3,(H,81,82)(H,83,84)/b13-9-,18-14-,19-15-,25-21-,30-26-,31-27-,33-32-,38-35-,48-44-. The van der Waals surface area contributed by atoms with Crippen LogP contribution in [0.4, 0.5) is 0 Å². The zero-order valence-corrected chi connectivity index (χ0v) is 60.4. The lowest BCUT2D eigenvalue weighted by atomic mass is 10.1. The molecule has 0 aromatic rings. The van der Waals surface area contributed by atoms with Crippen LogP contribution in [0, 0.1) is 0 Å². The highest BCUT2D eigenvalue weighted by molar-refractivity contribution is 7.47. The highest BCUT2D eigenvalue weighted by atomic mass is 31.2. The first-order valence-corrected chi connectivity index (χ1v) is 39.1. The Kier molecular flexibility index (Phi) is 64.2. The SMILES string of the molecule is CC/C=C\C/C=C\C/C=C\C/C=C\C/C=C\CCCC(=O)OCC(COP(=O)(O)OCC(O)COP(=O)(O)OCC(COC(=O)CCCCCCC/C=C\C/C=C\CCC)OC(=O)CCCCCCCCCCCCC)OC(=O)CCCCCCC/C=C\C/C=C\CCC. The van der Waals surface area contributed by atoms with Crippen molar-refractivity contribution in [1.82, 2.24) is 0 Å². The minimum atomic E-state index is -4.99. The van der Waals surface area contributed by atoms with Crippen molar-refractivity contribution in [2.24, 2.45) is 0 Å². The highest BCUT2D eigenvalue weighted by Crippen LogP contribution is 2.45. The number of allylic oxidation sites excluding steroid dienone is 18. The van der Waals surface area contributed by atoms with Gasteiger partial charge < -0.3 is 33.8 Å². The van der Waals surface area contributed by atoms with E-state index in [0.29, 0.717) is 32.1 Å². The van der Waals surface area contributed by atoms with Crippen molar-refractivity contribution in [3.05, 3.63) is 109 Å². The minimum Gasteiger partial charge on any atom is -0.462 e. The summed E-state index contributed by atoms with van der Waals surface area (Å²) in [7, 11) is -9.96. The maximum atomic E-state index is 13.0. The Bertz CT molecular complexity index is 2220. The van der Waals surface area contributed by atoms with Gasteiger partial charge in [0, 0.05) is 25.7 Å². The van der Waals surface area contributed by atoms with Crippen molar-refractivity contribution in [2.75, 3.05) is 39.6 Å². The van der Waals surface area contributed by atoms with E-state index in [4.69, 9.17) is 37.0 Å². The molecule has 0 aliphatic carbocycles. The van der Waals surface area contributed by atoms with E-state index in [9.17, 15) is 43.2 Å². The molecule has 0 radical (unpaired) electrons. The topological polar surface area (TPSA) is 237 Å². The largest absolute Gasteiger partial charge is 0.472 e. The molecule has 19 heteroatoms. The molecular weight excluding hydrogens is 1230 g/mol. The number of carbonyl (C=O) groups is 4. The average Bonchev–Trinajstić information content (AvgIpc) is 2.15. The predicted octanol–water partition coefficient (Wildman–Crippen LogP) is 20.2. The number of ether oxygens (including phenoxy) is 4. The van der Waals surface area contributed by atoms with Crippen molar-refractivity contribution in [1.29, 1.82) is 0 Å². The molecular formula is C75H128O17P2. The molecule has 94 heavy (non-hydrogen) atoms. The van der Waals surface area contributed by atoms with Crippen LogP contribution < -0.4 is 0 Å². The third-order valence-electron chi connectivity index (χ3n) is 14.7. The Morgan fingerprint density at radius 3 is 0.936 bits per heavy atom. The molecule has 540 valence electrons. The third-order valence-corrected chi connectivity index (χ3v) is 16.6. The first kappa shape index (κ1) is 89.7. The molecule has 0 heterocycles. The summed E-state index contributed by atoms with van der Waals surface area (Å²) in [6.45, 7) is 4.51. The second kappa shape index (κ2) is 67.3. The number of unbranched alkanes of at least 4 members (excludes halogenated alkanes) is 23. The van der Waals surface area contributed by atoms with Gasteiger partial charge in [-0.3, -0.25) is 37.3 Å². The van der Waals surface area contributed by atoms with Gasteiger partial charge in [-0.2, -0.15) is 0 Å². The van der Waals surface area contributed by atoms with E-state index in [-0.39, 0.29) is 25.7 Å². The van der Waals surface area contributed by atoms with Crippen LogP contribution in [0.5, 0.6) is 0 Å². The lowest BCUT2D eigenvalue weighted by molar-refractivity contribution is -0.161. The Morgan fingerprint density at radius 2 is 0.585 bits per heavy atom. The molecule has 0 aromatic heterocycles. The Labute approximate surface area is 569 Å². The number of phosphoric acid groups is 2. The number of phosphoric ester groups is 2. The van der Waals surface area contributed by atoms with Crippen LogP contribution >= 0.6 is 15.6 Å². The van der Waals surface area contributed by atoms with Gasteiger partial charge in [-0.15, -0.1) is 0 Å². The van der Waals surface area contributed by atoms with E-state index in [0.717, 1.165) is 161 Å². The molecule has 0 bridgehead atoms. The number of aliphatic hydroxyl groups excluding tert-OH is 1. The molecule has 0 rings (SSSR count).